The number of amides is 3. The molecule has 210 valence electrons. The Hall–Kier alpha value is -3.60. The molecule has 0 radical (unpaired) electrons. The minimum atomic E-state index is -0.910. The lowest BCUT2D eigenvalue weighted by Crippen LogP contribution is -2.37. The molecule has 3 N–H and O–H groups in total. The summed E-state index contributed by atoms with van der Waals surface area (Å²) < 4.78 is 11.5. The van der Waals surface area contributed by atoms with E-state index >= 15 is 0 Å². The summed E-state index contributed by atoms with van der Waals surface area (Å²) in [4.78, 5) is 36.6. The highest BCUT2D eigenvalue weighted by atomic mass is 79.9. The zero-order chi connectivity index (χ0) is 29.2. The number of anilines is 1. The van der Waals surface area contributed by atoms with Gasteiger partial charge in [-0.3, -0.25) is 14.4 Å². The standard InChI is InChI=1S/C28H27BrCl2N4O5/c1-16(2)19-9-7-17(8-10-19)13-32-27(37)28(38)35-33-14-18-11-20(29)26(23(12-18)39-3)40-15-24(36)34-22-6-4-5-21(30)25(22)31/h4-12,14,16H,13,15H2,1-3H3,(H,32,37)(H,34,36)(H,35,38)/b33-14-. The van der Waals surface area contributed by atoms with E-state index in [-0.39, 0.29) is 23.9 Å². The van der Waals surface area contributed by atoms with Crippen LogP contribution in [0.2, 0.25) is 10.0 Å². The van der Waals surface area contributed by atoms with Crippen molar-refractivity contribution >= 4 is 68.8 Å². The van der Waals surface area contributed by atoms with Gasteiger partial charge in [0, 0.05) is 6.54 Å². The normalized spacial score (nSPS) is 10.9. The van der Waals surface area contributed by atoms with E-state index in [4.69, 9.17) is 32.7 Å². The van der Waals surface area contributed by atoms with Crippen LogP contribution in [-0.2, 0) is 20.9 Å². The van der Waals surface area contributed by atoms with Gasteiger partial charge in [0.25, 0.3) is 5.91 Å². The molecule has 3 aromatic carbocycles. The Kier molecular flexibility index (Phi) is 11.4. The van der Waals surface area contributed by atoms with Gasteiger partial charge in [0.1, 0.15) is 0 Å². The first kappa shape index (κ1) is 30.9. The monoisotopic (exact) mass is 648 g/mol. The molecule has 0 atom stereocenters. The lowest BCUT2D eigenvalue weighted by Gasteiger charge is -2.14. The van der Waals surface area contributed by atoms with Crippen molar-refractivity contribution in [1.82, 2.24) is 10.7 Å². The second kappa shape index (κ2) is 14.7. The summed E-state index contributed by atoms with van der Waals surface area (Å²) in [7, 11) is 1.43. The van der Waals surface area contributed by atoms with Gasteiger partial charge in [0.15, 0.2) is 18.1 Å². The third-order valence-corrected chi connectivity index (χ3v) is 6.92. The topological polar surface area (TPSA) is 118 Å². The van der Waals surface area contributed by atoms with E-state index in [1.165, 1.54) is 18.9 Å². The summed E-state index contributed by atoms with van der Waals surface area (Å²) >= 11 is 15.5. The molecular formula is C28H27BrCl2N4O5. The molecule has 40 heavy (non-hydrogen) atoms. The van der Waals surface area contributed by atoms with Gasteiger partial charge in [0.05, 0.1) is 33.5 Å². The third kappa shape index (κ3) is 8.70. The summed E-state index contributed by atoms with van der Waals surface area (Å²) in [5.41, 5.74) is 5.14. The van der Waals surface area contributed by atoms with Crippen molar-refractivity contribution in [3.8, 4) is 11.5 Å². The molecule has 12 heteroatoms. The van der Waals surface area contributed by atoms with Crippen LogP contribution in [0.15, 0.2) is 64.2 Å². The van der Waals surface area contributed by atoms with Crippen LogP contribution in [0.3, 0.4) is 0 Å². The highest BCUT2D eigenvalue weighted by Gasteiger charge is 2.15. The Bertz CT molecular complexity index is 1410. The number of hydrazone groups is 1. The van der Waals surface area contributed by atoms with Gasteiger partial charge in [-0.2, -0.15) is 5.10 Å². The molecule has 0 unspecified atom stereocenters. The Labute approximate surface area is 250 Å². The minimum Gasteiger partial charge on any atom is -0.493 e. The fourth-order valence-electron chi connectivity index (χ4n) is 3.38. The number of benzene rings is 3. The van der Waals surface area contributed by atoms with Crippen LogP contribution in [0.5, 0.6) is 11.5 Å². The first-order valence-corrected chi connectivity index (χ1v) is 13.6. The molecule has 3 amide bonds. The number of methoxy groups -OCH3 is 1. The highest BCUT2D eigenvalue weighted by molar-refractivity contribution is 9.10. The molecule has 0 aliphatic heterocycles. The number of rotatable bonds is 10. The van der Waals surface area contributed by atoms with Gasteiger partial charge < -0.3 is 20.1 Å². The van der Waals surface area contributed by atoms with Gasteiger partial charge in [-0.25, -0.2) is 5.43 Å². The minimum absolute atomic E-state index is 0.212. The maximum absolute atomic E-state index is 12.4. The first-order valence-electron chi connectivity index (χ1n) is 12.0. The molecule has 0 saturated heterocycles. The van der Waals surface area contributed by atoms with Gasteiger partial charge in [-0.05, 0) is 62.8 Å². The predicted octanol–water partition coefficient (Wildman–Crippen LogP) is 5.67. The maximum Gasteiger partial charge on any atom is 0.329 e. The smallest absolute Gasteiger partial charge is 0.329 e. The number of carbonyl (C=O) groups excluding carboxylic acids is 3. The first-order chi connectivity index (χ1) is 19.1. The predicted molar refractivity (Wildman–Crippen MR) is 159 cm³/mol. The number of ether oxygens (including phenoxy) is 2. The van der Waals surface area contributed by atoms with Crippen molar-refractivity contribution in [3.63, 3.8) is 0 Å². The zero-order valence-electron chi connectivity index (χ0n) is 21.9. The second-order valence-corrected chi connectivity index (χ2v) is 10.4. The van der Waals surface area contributed by atoms with Crippen LogP contribution in [-0.4, -0.2) is 37.7 Å². The van der Waals surface area contributed by atoms with Gasteiger partial charge in [-0.15, -0.1) is 0 Å². The van der Waals surface area contributed by atoms with Gasteiger partial charge in [0.2, 0.25) is 0 Å². The van der Waals surface area contributed by atoms with Crippen molar-refractivity contribution in [2.75, 3.05) is 19.0 Å². The van der Waals surface area contributed by atoms with Crippen LogP contribution in [0, 0.1) is 0 Å². The van der Waals surface area contributed by atoms with Crippen molar-refractivity contribution in [2.45, 2.75) is 26.3 Å². The number of halogens is 3. The molecule has 0 heterocycles. The average Bonchev–Trinajstić information content (AvgIpc) is 2.93. The van der Waals surface area contributed by atoms with Crippen LogP contribution in [0.25, 0.3) is 0 Å². The van der Waals surface area contributed by atoms with Crippen LogP contribution < -0.4 is 25.5 Å². The Morgan fingerprint density at radius 2 is 1.77 bits per heavy atom. The van der Waals surface area contributed by atoms with Gasteiger partial charge >= 0.3 is 11.8 Å². The second-order valence-electron chi connectivity index (χ2n) is 8.75. The highest BCUT2D eigenvalue weighted by Crippen LogP contribution is 2.36. The van der Waals surface area contributed by atoms with E-state index < -0.39 is 17.7 Å². The van der Waals surface area contributed by atoms with E-state index in [0.29, 0.717) is 32.4 Å². The maximum atomic E-state index is 12.4. The molecule has 0 bridgehead atoms. The quantitative estimate of drug-likeness (QED) is 0.149. The van der Waals surface area contributed by atoms with E-state index in [2.05, 4.69) is 50.9 Å². The fraction of sp³-hybridized carbons (Fsp3) is 0.214. The SMILES string of the molecule is COc1cc(/C=N\NC(=O)C(=O)NCc2ccc(C(C)C)cc2)cc(Br)c1OCC(=O)Nc1cccc(Cl)c1Cl. The van der Waals surface area contributed by atoms with Crippen LogP contribution in [0.4, 0.5) is 5.69 Å². The number of hydrogen-bond donors (Lipinski definition) is 3. The lowest BCUT2D eigenvalue weighted by atomic mass is 10.0. The van der Waals surface area contributed by atoms with Crippen molar-refractivity contribution < 1.29 is 23.9 Å². The largest absolute Gasteiger partial charge is 0.493 e. The van der Waals surface area contributed by atoms with E-state index in [1.807, 2.05) is 24.3 Å². The lowest BCUT2D eigenvalue weighted by molar-refractivity contribution is -0.139. The summed E-state index contributed by atoms with van der Waals surface area (Å²) in [6, 6.07) is 15.9. The Morgan fingerprint density at radius 1 is 1.05 bits per heavy atom. The molecule has 0 spiro atoms. The Balaban J connectivity index is 1.54. The molecule has 0 aliphatic rings. The molecule has 3 aromatic rings. The number of carbonyl (C=O) groups is 3. The van der Waals surface area contributed by atoms with Gasteiger partial charge in [-0.1, -0.05) is 67.4 Å². The number of nitrogens with zero attached hydrogens (tertiary/aromatic N) is 1. The van der Waals surface area contributed by atoms with Crippen molar-refractivity contribution in [1.29, 1.82) is 0 Å². The molecule has 0 aliphatic carbocycles. The molecule has 3 rings (SSSR count). The van der Waals surface area contributed by atoms with Crippen LogP contribution >= 0.6 is 39.1 Å². The zero-order valence-corrected chi connectivity index (χ0v) is 25.0. The molecule has 0 aromatic heterocycles. The summed E-state index contributed by atoms with van der Waals surface area (Å²) in [5.74, 6) is -1.20. The summed E-state index contributed by atoms with van der Waals surface area (Å²) in [6.07, 6.45) is 1.33. The average molecular weight is 650 g/mol. The van der Waals surface area contributed by atoms with E-state index in [1.54, 1.807) is 30.3 Å². The number of hydrogen-bond acceptors (Lipinski definition) is 6. The van der Waals surface area contributed by atoms with E-state index in [0.717, 1.165) is 5.56 Å². The fourth-order valence-corrected chi connectivity index (χ4v) is 4.30. The molecule has 0 saturated carbocycles. The van der Waals surface area contributed by atoms with E-state index in [9.17, 15) is 14.4 Å². The van der Waals surface area contributed by atoms with Crippen molar-refractivity contribution in [2.24, 2.45) is 5.10 Å². The molecular weight excluding hydrogens is 623 g/mol. The summed E-state index contributed by atoms with van der Waals surface area (Å²) in [5, 5.41) is 9.57. The Morgan fingerprint density at radius 3 is 2.45 bits per heavy atom. The molecule has 9 nitrogen and oxygen atoms in total. The summed E-state index contributed by atoms with van der Waals surface area (Å²) in [6.45, 7) is 4.07. The third-order valence-electron chi connectivity index (χ3n) is 5.51. The molecule has 0 fully saturated rings. The van der Waals surface area contributed by atoms with Crippen molar-refractivity contribution in [3.05, 3.63) is 85.8 Å². The number of nitrogens with one attached hydrogen (secondary N) is 3. The van der Waals surface area contributed by atoms with Crippen LogP contribution in [0.1, 0.15) is 36.5 Å².